The molecule has 1 rings (SSSR count). The lowest BCUT2D eigenvalue weighted by molar-refractivity contribution is -0.133. The summed E-state index contributed by atoms with van der Waals surface area (Å²) in [5, 5.41) is 5.20. The van der Waals surface area contributed by atoms with Crippen LogP contribution in [0.4, 0.5) is 0 Å². The summed E-state index contributed by atoms with van der Waals surface area (Å²) < 4.78 is 0. The molecule has 0 radical (unpaired) electrons. The summed E-state index contributed by atoms with van der Waals surface area (Å²) >= 11 is 0. The summed E-state index contributed by atoms with van der Waals surface area (Å²) in [6.45, 7) is 5.54. The number of amides is 2. The SMILES string of the molecule is C=C/C=C\C(=C/C)CC1NC(=O)CNC1=O. The standard InChI is InChI=1S/C12H16N2O2/c1-3-5-6-9(4-2)7-10-12(16)13-8-11(15)14-10/h3-6,10H,1,7-8H2,2H3,(H,13,16)(H,14,15)/b6-5-,9-4+. The molecule has 0 spiro atoms. The Morgan fingerprint density at radius 1 is 1.56 bits per heavy atom. The lowest BCUT2D eigenvalue weighted by Gasteiger charge is -2.23. The lowest BCUT2D eigenvalue weighted by atomic mass is 10.0. The van der Waals surface area contributed by atoms with Crippen LogP contribution in [-0.4, -0.2) is 24.4 Å². The summed E-state index contributed by atoms with van der Waals surface area (Å²) in [6.07, 6.45) is 7.76. The molecule has 0 saturated carbocycles. The Morgan fingerprint density at radius 3 is 2.94 bits per heavy atom. The zero-order chi connectivity index (χ0) is 12.0. The minimum absolute atomic E-state index is 0.0724. The van der Waals surface area contributed by atoms with Crippen LogP contribution >= 0.6 is 0 Å². The average Bonchev–Trinajstić information content (AvgIpc) is 2.28. The van der Waals surface area contributed by atoms with E-state index >= 15 is 0 Å². The highest BCUT2D eigenvalue weighted by Gasteiger charge is 2.25. The van der Waals surface area contributed by atoms with Gasteiger partial charge in [0.1, 0.15) is 6.04 Å². The minimum atomic E-state index is -0.470. The molecule has 1 saturated heterocycles. The molecular formula is C12H16N2O2. The molecule has 0 aromatic heterocycles. The maximum absolute atomic E-state index is 11.5. The molecule has 1 unspecified atom stereocenters. The summed E-state index contributed by atoms with van der Waals surface area (Å²) in [7, 11) is 0. The van der Waals surface area contributed by atoms with Gasteiger partial charge in [-0.2, -0.15) is 0 Å². The van der Waals surface area contributed by atoms with Gasteiger partial charge < -0.3 is 10.6 Å². The van der Waals surface area contributed by atoms with Crippen LogP contribution in [0.25, 0.3) is 0 Å². The van der Waals surface area contributed by atoms with Crippen LogP contribution in [0.3, 0.4) is 0 Å². The van der Waals surface area contributed by atoms with Crippen molar-refractivity contribution < 1.29 is 9.59 Å². The molecule has 16 heavy (non-hydrogen) atoms. The Balaban J connectivity index is 2.63. The fraction of sp³-hybridized carbons (Fsp3) is 0.333. The fourth-order valence-corrected chi connectivity index (χ4v) is 1.45. The van der Waals surface area contributed by atoms with Crippen molar-refractivity contribution in [1.82, 2.24) is 10.6 Å². The van der Waals surface area contributed by atoms with Crippen LogP contribution in [0.1, 0.15) is 13.3 Å². The van der Waals surface area contributed by atoms with Crippen molar-refractivity contribution in [2.75, 3.05) is 6.54 Å². The van der Waals surface area contributed by atoms with Crippen LogP contribution in [0.15, 0.2) is 36.5 Å². The van der Waals surface area contributed by atoms with Gasteiger partial charge in [-0.3, -0.25) is 9.59 Å². The zero-order valence-corrected chi connectivity index (χ0v) is 9.32. The number of nitrogens with one attached hydrogen (secondary N) is 2. The second kappa shape index (κ2) is 5.90. The van der Waals surface area contributed by atoms with Crippen molar-refractivity contribution in [3.05, 3.63) is 36.5 Å². The van der Waals surface area contributed by atoms with E-state index in [2.05, 4.69) is 17.2 Å². The molecule has 0 bridgehead atoms. The molecule has 86 valence electrons. The Kier molecular flexibility index (Phi) is 4.51. The molecule has 1 aliphatic rings. The molecule has 1 aliphatic heterocycles. The van der Waals surface area contributed by atoms with Crippen molar-refractivity contribution in [3.63, 3.8) is 0 Å². The van der Waals surface area contributed by atoms with Gasteiger partial charge in [-0.1, -0.05) is 30.9 Å². The van der Waals surface area contributed by atoms with Gasteiger partial charge in [-0.05, 0) is 12.5 Å². The van der Waals surface area contributed by atoms with Crippen LogP contribution in [0.5, 0.6) is 0 Å². The summed E-state index contributed by atoms with van der Waals surface area (Å²) in [6, 6.07) is -0.470. The number of carbonyl (C=O) groups is 2. The third kappa shape index (κ3) is 3.38. The van der Waals surface area contributed by atoms with Crippen molar-refractivity contribution in [1.29, 1.82) is 0 Å². The Labute approximate surface area is 95.1 Å². The summed E-state index contributed by atoms with van der Waals surface area (Å²) in [4.78, 5) is 22.6. The number of hydrogen-bond donors (Lipinski definition) is 2. The quantitative estimate of drug-likeness (QED) is 0.684. The van der Waals surface area contributed by atoms with E-state index in [1.165, 1.54) is 0 Å². The van der Waals surface area contributed by atoms with Gasteiger partial charge in [0.2, 0.25) is 11.8 Å². The minimum Gasteiger partial charge on any atom is -0.345 e. The predicted molar refractivity (Wildman–Crippen MR) is 62.7 cm³/mol. The van der Waals surface area contributed by atoms with Gasteiger partial charge in [0, 0.05) is 6.42 Å². The topological polar surface area (TPSA) is 58.2 Å². The van der Waals surface area contributed by atoms with Crippen molar-refractivity contribution >= 4 is 11.8 Å². The largest absolute Gasteiger partial charge is 0.345 e. The normalized spacial score (nSPS) is 21.8. The van der Waals surface area contributed by atoms with Gasteiger partial charge >= 0.3 is 0 Å². The summed E-state index contributed by atoms with van der Waals surface area (Å²) in [5.41, 5.74) is 0.988. The maximum Gasteiger partial charge on any atom is 0.243 e. The first-order chi connectivity index (χ1) is 7.67. The number of carbonyl (C=O) groups excluding carboxylic acids is 2. The first-order valence-electron chi connectivity index (χ1n) is 5.18. The van der Waals surface area contributed by atoms with E-state index in [0.29, 0.717) is 6.42 Å². The van der Waals surface area contributed by atoms with E-state index in [4.69, 9.17) is 0 Å². The van der Waals surface area contributed by atoms with Gasteiger partial charge in [-0.25, -0.2) is 0 Å². The van der Waals surface area contributed by atoms with Crippen LogP contribution < -0.4 is 10.6 Å². The molecule has 2 amide bonds. The monoisotopic (exact) mass is 220 g/mol. The highest BCUT2D eigenvalue weighted by atomic mass is 16.2. The molecule has 0 aromatic rings. The van der Waals surface area contributed by atoms with Gasteiger partial charge in [0.15, 0.2) is 0 Å². The Morgan fingerprint density at radius 2 is 2.31 bits per heavy atom. The van der Waals surface area contributed by atoms with E-state index in [9.17, 15) is 9.59 Å². The smallest absolute Gasteiger partial charge is 0.243 e. The molecule has 4 nitrogen and oxygen atoms in total. The van der Waals surface area contributed by atoms with E-state index in [1.807, 2.05) is 19.1 Å². The highest BCUT2D eigenvalue weighted by Crippen LogP contribution is 2.09. The average molecular weight is 220 g/mol. The third-order valence-electron chi connectivity index (χ3n) is 2.33. The first kappa shape index (κ1) is 12.2. The van der Waals surface area contributed by atoms with Crippen molar-refractivity contribution in [2.45, 2.75) is 19.4 Å². The van der Waals surface area contributed by atoms with E-state index < -0.39 is 6.04 Å². The Bertz CT molecular complexity index is 356. The molecule has 1 atom stereocenters. The van der Waals surface area contributed by atoms with Gasteiger partial charge in [0.25, 0.3) is 0 Å². The third-order valence-corrected chi connectivity index (χ3v) is 2.33. The van der Waals surface area contributed by atoms with E-state index in [0.717, 1.165) is 5.57 Å². The number of piperazine rings is 1. The molecule has 0 aromatic carbocycles. The Hall–Kier alpha value is -1.84. The van der Waals surface area contributed by atoms with E-state index in [-0.39, 0.29) is 18.4 Å². The molecule has 2 N–H and O–H groups in total. The van der Waals surface area contributed by atoms with Crippen LogP contribution in [0.2, 0.25) is 0 Å². The number of hydrogen-bond acceptors (Lipinski definition) is 2. The van der Waals surface area contributed by atoms with Crippen molar-refractivity contribution in [2.24, 2.45) is 0 Å². The van der Waals surface area contributed by atoms with Crippen LogP contribution in [-0.2, 0) is 9.59 Å². The molecule has 0 aliphatic carbocycles. The lowest BCUT2D eigenvalue weighted by Crippen LogP contribution is -2.56. The fourth-order valence-electron chi connectivity index (χ4n) is 1.45. The van der Waals surface area contributed by atoms with Gasteiger partial charge in [-0.15, -0.1) is 0 Å². The first-order valence-corrected chi connectivity index (χ1v) is 5.18. The maximum atomic E-state index is 11.5. The number of allylic oxidation sites excluding steroid dienone is 4. The molecule has 4 heteroatoms. The zero-order valence-electron chi connectivity index (χ0n) is 9.32. The van der Waals surface area contributed by atoms with E-state index in [1.54, 1.807) is 12.2 Å². The molecular weight excluding hydrogens is 204 g/mol. The highest BCUT2D eigenvalue weighted by molar-refractivity contribution is 5.94. The molecule has 1 fully saturated rings. The molecule has 1 heterocycles. The number of rotatable bonds is 4. The summed E-state index contributed by atoms with van der Waals surface area (Å²) in [5.74, 6) is -0.279. The van der Waals surface area contributed by atoms with Gasteiger partial charge in [0.05, 0.1) is 6.54 Å². The van der Waals surface area contributed by atoms with Crippen LogP contribution in [0, 0.1) is 0 Å². The predicted octanol–water partition coefficient (Wildman–Crippen LogP) is 0.680. The van der Waals surface area contributed by atoms with Crippen molar-refractivity contribution in [3.8, 4) is 0 Å². The second-order valence-corrected chi connectivity index (χ2v) is 3.50. The second-order valence-electron chi connectivity index (χ2n) is 3.50.